The summed E-state index contributed by atoms with van der Waals surface area (Å²) in [5.41, 5.74) is 0.818. The van der Waals surface area contributed by atoms with Crippen LogP contribution in [-0.4, -0.2) is 49.4 Å². The number of nitrogens with zero attached hydrogens (tertiary/aromatic N) is 2. The molecule has 3 rings (SSSR count). The van der Waals surface area contributed by atoms with E-state index < -0.39 is 9.84 Å². The van der Waals surface area contributed by atoms with Crippen LogP contribution >= 0.6 is 11.8 Å². The number of methoxy groups -OCH3 is 1. The first-order chi connectivity index (χ1) is 10.4. The van der Waals surface area contributed by atoms with E-state index in [1.165, 1.54) is 18.7 Å². The lowest BCUT2D eigenvalue weighted by Gasteiger charge is -2.24. The van der Waals surface area contributed by atoms with E-state index in [1.807, 2.05) is 29.2 Å². The van der Waals surface area contributed by atoms with E-state index in [0.29, 0.717) is 5.17 Å². The van der Waals surface area contributed by atoms with Gasteiger partial charge in [-0.1, -0.05) is 11.8 Å². The van der Waals surface area contributed by atoms with Gasteiger partial charge < -0.3 is 9.64 Å². The van der Waals surface area contributed by atoms with Crippen molar-refractivity contribution in [1.29, 1.82) is 0 Å². The van der Waals surface area contributed by atoms with Crippen LogP contribution in [0.4, 0.5) is 5.69 Å². The molecule has 2 atom stereocenters. The van der Waals surface area contributed by atoms with Gasteiger partial charge in [-0.15, -0.1) is 0 Å². The number of carbonyl (C=O) groups excluding carboxylic acids is 1. The zero-order valence-electron chi connectivity index (χ0n) is 12.2. The van der Waals surface area contributed by atoms with Crippen molar-refractivity contribution in [3.8, 4) is 5.75 Å². The van der Waals surface area contributed by atoms with Crippen LogP contribution in [0.25, 0.3) is 0 Å². The van der Waals surface area contributed by atoms with Gasteiger partial charge in [0.15, 0.2) is 15.0 Å². The molecule has 0 bridgehead atoms. The van der Waals surface area contributed by atoms with Gasteiger partial charge >= 0.3 is 0 Å². The highest BCUT2D eigenvalue weighted by Crippen LogP contribution is 2.41. The number of hydrogen-bond donors (Lipinski definition) is 0. The summed E-state index contributed by atoms with van der Waals surface area (Å²) in [6.45, 7) is 1.39. The van der Waals surface area contributed by atoms with Gasteiger partial charge in [0, 0.05) is 17.9 Å². The quantitative estimate of drug-likeness (QED) is 0.808. The summed E-state index contributed by atoms with van der Waals surface area (Å²) in [4.78, 5) is 17.3. The van der Waals surface area contributed by atoms with Gasteiger partial charge in [-0.05, 0) is 24.3 Å². The molecule has 2 fully saturated rings. The van der Waals surface area contributed by atoms with Crippen molar-refractivity contribution in [3.63, 3.8) is 0 Å². The molecule has 1 aromatic carbocycles. The topological polar surface area (TPSA) is 76.0 Å². The number of sulfone groups is 1. The van der Waals surface area contributed by atoms with Gasteiger partial charge in [0.05, 0.1) is 24.7 Å². The minimum atomic E-state index is -3.04. The second kappa shape index (κ2) is 5.58. The summed E-state index contributed by atoms with van der Waals surface area (Å²) in [6.07, 6.45) is 0. The van der Waals surface area contributed by atoms with E-state index in [0.717, 1.165) is 11.4 Å². The zero-order valence-corrected chi connectivity index (χ0v) is 13.9. The fourth-order valence-electron chi connectivity index (χ4n) is 2.74. The van der Waals surface area contributed by atoms with E-state index in [2.05, 4.69) is 4.99 Å². The van der Waals surface area contributed by atoms with Crippen LogP contribution in [-0.2, 0) is 14.6 Å². The molecule has 2 aliphatic rings. The standard InChI is InChI=1S/C14H16N2O4S2/c1-9(17)15-14-16(10-3-5-11(20-2)6-4-10)12-7-22(18,19)8-13(12)21-14/h3-6,12-13H,7-8H2,1-2H3. The largest absolute Gasteiger partial charge is 0.497 e. The van der Waals surface area contributed by atoms with Crippen molar-refractivity contribution in [2.75, 3.05) is 23.5 Å². The summed E-state index contributed by atoms with van der Waals surface area (Å²) in [6, 6.07) is 7.14. The Balaban J connectivity index is 2.00. The highest BCUT2D eigenvalue weighted by atomic mass is 32.2. The van der Waals surface area contributed by atoms with Crippen molar-refractivity contribution in [3.05, 3.63) is 24.3 Å². The van der Waals surface area contributed by atoms with Crippen molar-refractivity contribution in [2.24, 2.45) is 4.99 Å². The second-order valence-electron chi connectivity index (χ2n) is 5.28. The molecule has 2 unspecified atom stereocenters. The highest BCUT2D eigenvalue weighted by molar-refractivity contribution is 8.16. The predicted molar refractivity (Wildman–Crippen MR) is 87.4 cm³/mol. The minimum Gasteiger partial charge on any atom is -0.497 e. The third-order valence-electron chi connectivity index (χ3n) is 3.67. The van der Waals surface area contributed by atoms with Crippen molar-refractivity contribution in [2.45, 2.75) is 18.2 Å². The van der Waals surface area contributed by atoms with E-state index in [1.54, 1.807) is 7.11 Å². The Morgan fingerprint density at radius 2 is 2.00 bits per heavy atom. The molecule has 8 heteroatoms. The lowest BCUT2D eigenvalue weighted by molar-refractivity contribution is -0.115. The van der Waals surface area contributed by atoms with E-state index in [4.69, 9.17) is 4.74 Å². The van der Waals surface area contributed by atoms with Gasteiger partial charge in [0.2, 0.25) is 5.91 Å². The molecule has 1 amide bonds. The molecule has 2 heterocycles. The zero-order chi connectivity index (χ0) is 15.9. The average molecular weight is 340 g/mol. The molecule has 0 saturated carbocycles. The maximum atomic E-state index is 11.9. The molecule has 6 nitrogen and oxygen atoms in total. The van der Waals surface area contributed by atoms with Crippen molar-refractivity contribution in [1.82, 2.24) is 0 Å². The fourth-order valence-corrected chi connectivity index (χ4v) is 6.70. The van der Waals surface area contributed by atoms with Crippen LogP contribution in [0.15, 0.2) is 29.3 Å². The lowest BCUT2D eigenvalue weighted by Crippen LogP contribution is -2.37. The van der Waals surface area contributed by atoms with Gasteiger partial charge in [0.1, 0.15) is 5.75 Å². The van der Waals surface area contributed by atoms with Gasteiger partial charge in [-0.3, -0.25) is 4.79 Å². The number of benzene rings is 1. The van der Waals surface area contributed by atoms with Crippen LogP contribution in [0.1, 0.15) is 6.92 Å². The first-order valence-electron chi connectivity index (χ1n) is 6.79. The first kappa shape index (κ1) is 15.4. The summed E-state index contributed by atoms with van der Waals surface area (Å²) >= 11 is 1.37. The number of thioether (sulfide) groups is 1. The summed E-state index contributed by atoms with van der Waals surface area (Å²) in [7, 11) is -1.45. The van der Waals surface area contributed by atoms with E-state index in [-0.39, 0.29) is 28.7 Å². The average Bonchev–Trinajstić information content (AvgIpc) is 2.89. The number of fused-ring (bicyclic) bond motifs is 1. The Bertz CT molecular complexity index is 728. The number of rotatable bonds is 2. The summed E-state index contributed by atoms with van der Waals surface area (Å²) < 4.78 is 28.9. The molecular formula is C14H16N2O4S2. The van der Waals surface area contributed by atoms with Gasteiger partial charge in [-0.25, -0.2) is 8.42 Å². The van der Waals surface area contributed by atoms with Crippen LogP contribution in [0.3, 0.4) is 0 Å². The SMILES string of the molecule is COc1ccc(N2C(=NC(C)=O)SC3CS(=O)(=O)CC32)cc1. The van der Waals surface area contributed by atoms with E-state index >= 15 is 0 Å². The van der Waals surface area contributed by atoms with Gasteiger partial charge in [0.25, 0.3) is 0 Å². The molecule has 0 aliphatic carbocycles. The molecule has 118 valence electrons. The predicted octanol–water partition coefficient (Wildman–Crippen LogP) is 1.32. The monoisotopic (exact) mass is 340 g/mol. The minimum absolute atomic E-state index is 0.0785. The number of amides is 1. The number of amidine groups is 1. The first-order valence-corrected chi connectivity index (χ1v) is 9.49. The number of carbonyl (C=O) groups is 1. The second-order valence-corrected chi connectivity index (χ2v) is 8.64. The number of ether oxygens (including phenoxy) is 1. The molecule has 22 heavy (non-hydrogen) atoms. The Labute approximate surface area is 133 Å². The lowest BCUT2D eigenvalue weighted by atomic mass is 10.2. The van der Waals surface area contributed by atoms with Crippen LogP contribution < -0.4 is 9.64 Å². The van der Waals surface area contributed by atoms with Crippen molar-refractivity contribution >= 4 is 38.4 Å². The Kier molecular flexibility index (Phi) is 3.90. The molecule has 0 N–H and O–H groups in total. The van der Waals surface area contributed by atoms with Crippen LogP contribution in [0.2, 0.25) is 0 Å². The molecule has 2 aliphatic heterocycles. The normalized spacial score (nSPS) is 27.9. The third-order valence-corrected chi connectivity index (χ3v) is 6.88. The van der Waals surface area contributed by atoms with E-state index in [9.17, 15) is 13.2 Å². The molecular weight excluding hydrogens is 324 g/mol. The summed E-state index contributed by atoms with van der Waals surface area (Å²) in [5, 5.41) is 0.493. The maximum absolute atomic E-state index is 11.9. The van der Waals surface area contributed by atoms with Crippen LogP contribution in [0.5, 0.6) is 5.75 Å². The third kappa shape index (κ3) is 2.85. The Morgan fingerprint density at radius 3 is 2.59 bits per heavy atom. The molecule has 0 radical (unpaired) electrons. The van der Waals surface area contributed by atoms with Crippen molar-refractivity contribution < 1.29 is 17.9 Å². The number of aliphatic imine (C=N–C) groups is 1. The molecule has 0 aromatic heterocycles. The Hall–Kier alpha value is -1.54. The molecule has 1 aromatic rings. The maximum Gasteiger partial charge on any atom is 0.244 e. The summed E-state index contributed by atoms with van der Waals surface area (Å²) in [5.74, 6) is 0.652. The Morgan fingerprint density at radius 1 is 1.32 bits per heavy atom. The van der Waals surface area contributed by atoms with Crippen LogP contribution in [0, 0.1) is 0 Å². The molecule has 0 spiro atoms. The number of anilines is 1. The highest BCUT2D eigenvalue weighted by Gasteiger charge is 2.49. The fraction of sp³-hybridized carbons (Fsp3) is 0.429. The van der Waals surface area contributed by atoms with Gasteiger partial charge in [-0.2, -0.15) is 4.99 Å². The number of hydrogen-bond acceptors (Lipinski definition) is 5. The smallest absolute Gasteiger partial charge is 0.244 e. The molecule has 2 saturated heterocycles.